The standard InChI is InChI=1S/C13H18NO3PS/c1-2-16-13(15)11-14-9-6-10-17-18(14,19)12-7-4-3-5-8-12/h3-5,7-8H,2,6,9-11H2,1H3. The zero-order valence-electron chi connectivity index (χ0n) is 10.9. The maximum atomic E-state index is 11.7. The molecule has 4 nitrogen and oxygen atoms in total. The largest absolute Gasteiger partial charge is 0.465 e. The molecule has 1 heterocycles. The van der Waals surface area contributed by atoms with E-state index >= 15 is 0 Å². The summed E-state index contributed by atoms with van der Waals surface area (Å²) >= 11 is 5.75. The van der Waals surface area contributed by atoms with Crippen molar-refractivity contribution in [3.63, 3.8) is 0 Å². The number of benzene rings is 1. The number of ether oxygens (including phenoxy) is 1. The molecule has 1 aromatic rings. The van der Waals surface area contributed by atoms with Crippen LogP contribution in [0.1, 0.15) is 13.3 Å². The van der Waals surface area contributed by atoms with E-state index in [9.17, 15) is 4.79 Å². The van der Waals surface area contributed by atoms with Gasteiger partial charge in [0, 0.05) is 11.8 Å². The topological polar surface area (TPSA) is 38.8 Å². The van der Waals surface area contributed by atoms with Gasteiger partial charge in [0.2, 0.25) is 0 Å². The lowest BCUT2D eigenvalue weighted by atomic mass is 10.4. The second-order valence-electron chi connectivity index (χ2n) is 4.24. The molecule has 0 aromatic heterocycles. The van der Waals surface area contributed by atoms with Crippen LogP contribution in [0.2, 0.25) is 0 Å². The first kappa shape index (κ1) is 14.7. The van der Waals surface area contributed by atoms with E-state index in [0.717, 1.165) is 18.3 Å². The molecule has 1 aromatic carbocycles. The number of nitrogens with zero attached hydrogens (tertiary/aromatic N) is 1. The summed E-state index contributed by atoms with van der Waals surface area (Å²) in [7, 11) is 0. The first-order valence-corrected chi connectivity index (χ1v) is 9.05. The van der Waals surface area contributed by atoms with Crippen LogP contribution in [-0.2, 0) is 25.9 Å². The lowest BCUT2D eigenvalue weighted by molar-refractivity contribution is -0.143. The molecule has 0 saturated carbocycles. The monoisotopic (exact) mass is 299 g/mol. The van der Waals surface area contributed by atoms with Crippen LogP contribution in [0.15, 0.2) is 30.3 Å². The molecule has 104 valence electrons. The van der Waals surface area contributed by atoms with Crippen LogP contribution in [0.3, 0.4) is 0 Å². The highest BCUT2D eigenvalue weighted by Crippen LogP contribution is 2.52. The smallest absolute Gasteiger partial charge is 0.320 e. The van der Waals surface area contributed by atoms with Crippen molar-refractivity contribution in [2.75, 3.05) is 26.3 Å². The Labute approximate surface area is 118 Å². The summed E-state index contributed by atoms with van der Waals surface area (Å²) < 4.78 is 12.9. The van der Waals surface area contributed by atoms with Crippen molar-refractivity contribution < 1.29 is 14.1 Å². The predicted octanol–water partition coefficient (Wildman–Crippen LogP) is 1.91. The van der Waals surface area contributed by atoms with Crippen molar-refractivity contribution in [2.45, 2.75) is 13.3 Å². The quantitative estimate of drug-likeness (QED) is 0.627. The molecule has 2 rings (SSSR count). The Morgan fingerprint density at radius 1 is 1.47 bits per heavy atom. The van der Waals surface area contributed by atoms with Gasteiger partial charge in [-0.15, -0.1) is 0 Å². The summed E-state index contributed by atoms with van der Waals surface area (Å²) in [6.45, 7) is 3.84. The molecule has 1 aliphatic heterocycles. The van der Waals surface area contributed by atoms with Gasteiger partial charge in [0.1, 0.15) is 6.54 Å². The minimum absolute atomic E-state index is 0.208. The van der Waals surface area contributed by atoms with E-state index in [4.69, 9.17) is 21.1 Å². The van der Waals surface area contributed by atoms with E-state index in [1.807, 2.05) is 35.0 Å². The highest BCUT2D eigenvalue weighted by atomic mass is 32.4. The van der Waals surface area contributed by atoms with E-state index in [1.54, 1.807) is 6.92 Å². The van der Waals surface area contributed by atoms with Crippen LogP contribution in [0.4, 0.5) is 0 Å². The van der Waals surface area contributed by atoms with Crippen LogP contribution >= 0.6 is 6.42 Å². The zero-order chi connectivity index (χ0) is 13.7. The van der Waals surface area contributed by atoms with E-state index < -0.39 is 6.42 Å². The molecular formula is C13H18NO3PS. The molecule has 0 aliphatic carbocycles. The molecule has 1 unspecified atom stereocenters. The van der Waals surface area contributed by atoms with Gasteiger partial charge >= 0.3 is 5.97 Å². The molecular weight excluding hydrogens is 281 g/mol. The number of hydrogen-bond donors (Lipinski definition) is 0. The van der Waals surface area contributed by atoms with E-state index in [0.29, 0.717) is 13.2 Å². The van der Waals surface area contributed by atoms with Crippen LogP contribution in [0, 0.1) is 0 Å². The normalized spacial score (nSPS) is 24.1. The third-order valence-corrected chi connectivity index (χ3v) is 7.11. The van der Waals surface area contributed by atoms with Crippen molar-refractivity contribution in [2.24, 2.45) is 0 Å². The maximum absolute atomic E-state index is 11.7. The van der Waals surface area contributed by atoms with Crippen LogP contribution in [0.5, 0.6) is 0 Å². The lowest BCUT2D eigenvalue weighted by Gasteiger charge is -2.37. The van der Waals surface area contributed by atoms with Crippen molar-refractivity contribution in [1.82, 2.24) is 4.67 Å². The number of rotatable bonds is 4. The SMILES string of the molecule is CCOC(=O)CN1CCCOP1(=S)c1ccccc1. The van der Waals surface area contributed by atoms with E-state index in [1.165, 1.54) is 0 Å². The molecule has 1 atom stereocenters. The maximum Gasteiger partial charge on any atom is 0.320 e. The Morgan fingerprint density at radius 2 is 2.21 bits per heavy atom. The highest BCUT2D eigenvalue weighted by molar-refractivity contribution is 8.14. The van der Waals surface area contributed by atoms with Gasteiger partial charge in [-0.2, -0.15) is 0 Å². The molecule has 1 fully saturated rings. The fourth-order valence-corrected chi connectivity index (χ4v) is 5.31. The van der Waals surface area contributed by atoms with Crippen molar-refractivity contribution in [1.29, 1.82) is 0 Å². The Hall–Kier alpha value is -0.740. The molecule has 0 spiro atoms. The summed E-state index contributed by atoms with van der Waals surface area (Å²) in [4.78, 5) is 11.7. The van der Waals surface area contributed by atoms with Crippen molar-refractivity contribution in [3.05, 3.63) is 30.3 Å². The first-order chi connectivity index (χ1) is 9.16. The number of esters is 1. The van der Waals surface area contributed by atoms with Gasteiger partial charge in [0.15, 0.2) is 6.42 Å². The lowest BCUT2D eigenvalue weighted by Crippen LogP contribution is -2.37. The molecule has 0 radical (unpaired) electrons. The van der Waals surface area contributed by atoms with E-state index in [-0.39, 0.29) is 12.5 Å². The Morgan fingerprint density at radius 3 is 2.89 bits per heavy atom. The van der Waals surface area contributed by atoms with E-state index in [2.05, 4.69) is 0 Å². The Bertz CT molecular complexity index is 480. The van der Waals surface area contributed by atoms with Crippen molar-refractivity contribution in [3.8, 4) is 0 Å². The number of hydrogen-bond acceptors (Lipinski definition) is 4. The van der Waals surface area contributed by atoms with Gasteiger partial charge in [0.25, 0.3) is 0 Å². The summed E-state index contributed by atoms with van der Waals surface area (Å²) in [6, 6.07) is 9.80. The first-order valence-electron chi connectivity index (χ1n) is 6.38. The average molecular weight is 299 g/mol. The average Bonchev–Trinajstić information content (AvgIpc) is 2.43. The fourth-order valence-electron chi connectivity index (χ4n) is 2.03. The molecule has 0 amide bonds. The molecule has 6 heteroatoms. The third kappa shape index (κ3) is 3.42. The zero-order valence-corrected chi connectivity index (χ0v) is 12.7. The predicted molar refractivity (Wildman–Crippen MR) is 79.1 cm³/mol. The number of carbonyl (C=O) groups is 1. The third-order valence-electron chi connectivity index (χ3n) is 2.90. The van der Waals surface area contributed by atoms with Gasteiger partial charge in [-0.25, -0.2) is 4.67 Å². The second-order valence-corrected chi connectivity index (χ2v) is 8.10. The molecule has 0 bridgehead atoms. The van der Waals surface area contributed by atoms with Gasteiger partial charge in [0.05, 0.1) is 13.2 Å². The highest BCUT2D eigenvalue weighted by Gasteiger charge is 2.33. The van der Waals surface area contributed by atoms with Gasteiger partial charge in [-0.3, -0.25) is 4.79 Å². The van der Waals surface area contributed by atoms with Crippen LogP contribution < -0.4 is 5.30 Å². The molecule has 0 N–H and O–H groups in total. The van der Waals surface area contributed by atoms with Gasteiger partial charge in [-0.1, -0.05) is 30.3 Å². The van der Waals surface area contributed by atoms with Crippen molar-refractivity contribution >= 4 is 29.5 Å². The summed E-state index contributed by atoms with van der Waals surface area (Å²) in [6.07, 6.45) is -1.39. The minimum atomic E-state index is -2.29. The molecule has 1 saturated heterocycles. The summed E-state index contributed by atoms with van der Waals surface area (Å²) in [5.74, 6) is -0.238. The molecule has 1 aliphatic rings. The Kier molecular flexibility index (Phi) is 5.11. The van der Waals surface area contributed by atoms with Gasteiger partial charge in [-0.05, 0) is 25.2 Å². The summed E-state index contributed by atoms with van der Waals surface area (Å²) in [5.41, 5.74) is 0. The summed E-state index contributed by atoms with van der Waals surface area (Å²) in [5, 5.41) is 0.994. The van der Waals surface area contributed by atoms with Crippen LogP contribution in [-0.4, -0.2) is 36.9 Å². The number of carbonyl (C=O) groups excluding carboxylic acids is 1. The minimum Gasteiger partial charge on any atom is -0.465 e. The fraction of sp³-hybridized carbons (Fsp3) is 0.462. The molecule has 19 heavy (non-hydrogen) atoms. The Balaban J connectivity index is 2.20. The van der Waals surface area contributed by atoms with Crippen LogP contribution in [0.25, 0.3) is 0 Å². The second kappa shape index (κ2) is 6.62. The van der Waals surface area contributed by atoms with Gasteiger partial charge < -0.3 is 9.26 Å².